The van der Waals surface area contributed by atoms with Gasteiger partial charge in [0.1, 0.15) is 6.10 Å². The van der Waals surface area contributed by atoms with Crippen molar-refractivity contribution >= 4 is 5.97 Å². The lowest BCUT2D eigenvalue weighted by Gasteiger charge is -2.27. The van der Waals surface area contributed by atoms with E-state index in [1.165, 1.54) is 0 Å². The van der Waals surface area contributed by atoms with Crippen molar-refractivity contribution in [3.05, 3.63) is 0 Å². The van der Waals surface area contributed by atoms with E-state index in [1.807, 2.05) is 0 Å². The average Bonchev–Trinajstić information content (AvgIpc) is 1.94. The van der Waals surface area contributed by atoms with Gasteiger partial charge in [0.15, 0.2) is 6.10 Å². The van der Waals surface area contributed by atoms with Crippen LogP contribution in [-0.4, -0.2) is 46.2 Å². The first-order valence-electron chi connectivity index (χ1n) is 3.32. The fraction of sp³-hybridized carbons (Fsp3) is 0.833. The van der Waals surface area contributed by atoms with Crippen LogP contribution in [0.2, 0.25) is 0 Å². The van der Waals surface area contributed by atoms with E-state index in [1.54, 1.807) is 0 Å². The van der Waals surface area contributed by atoms with Gasteiger partial charge in [-0.15, -0.1) is 0 Å². The lowest BCUT2D eigenvalue weighted by molar-refractivity contribution is -0.168. The van der Waals surface area contributed by atoms with Gasteiger partial charge < -0.3 is 20.1 Å². The van der Waals surface area contributed by atoms with Crippen molar-refractivity contribution in [2.24, 2.45) is 0 Å². The molecule has 0 unspecified atom stereocenters. The number of hydrogen-bond donors (Lipinski definition) is 3. The molecule has 0 radical (unpaired) electrons. The van der Waals surface area contributed by atoms with Crippen LogP contribution in [0, 0.1) is 0 Å². The Hall–Kier alpha value is -0.650. The summed E-state index contributed by atoms with van der Waals surface area (Å²) in [5.74, 6) is -1.10. The van der Waals surface area contributed by atoms with Crippen LogP contribution in [0.1, 0.15) is 6.42 Å². The average molecular weight is 162 g/mol. The van der Waals surface area contributed by atoms with Crippen molar-refractivity contribution < 1.29 is 24.9 Å². The molecule has 1 saturated heterocycles. The molecule has 1 aliphatic heterocycles. The van der Waals surface area contributed by atoms with Gasteiger partial charge in [0, 0.05) is 6.42 Å². The minimum Gasteiger partial charge on any atom is -0.479 e. The minimum absolute atomic E-state index is 0.0451. The van der Waals surface area contributed by atoms with Crippen LogP contribution in [0.15, 0.2) is 0 Å². The van der Waals surface area contributed by atoms with Crippen LogP contribution in [0.25, 0.3) is 0 Å². The second-order valence-electron chi connectivity index (χ2n) is 2.53. The molecule has 0 saturated carbocycles. The highest BCUT2D eigenvalue weighted by atomic mass is 16.5. The maximum absolute atomic E-state index is 10.3. The fourth-order valence-corrected chi connectivity index (χ4v) is 0.942. The Morgan fingerprint density at radius 2 is 2.00 bits per heavy atom. The third-order valence-corrected chi connectivity index (χ3v) is 1.64. The van der Waals surface area contributed by atoms with Crippen LogP contribution >= 0.6 is 0 Å². The molecule has 5 nitrogen and oxygen atoms in total. The van der Waals surface area contributed by atoms with Crippen LogP contribution in [-0.2, 0) is 9.53 Å². The summed E-state index contributed by atoms with van der Waals surface area (Å²) in [6, 6.07) is 0. The standard InChI is InChI=1S/C6H10O5/c7-3-1-5(6(9)10)11-2-4(3)8/h3-5,7-8H,1-2H2,(H,9,10)/t3-,4+,5-/m1/s1. The maximum atomic E-state index is 10.3. The van der Waals surface area contributed by atoms with Gasteiger partial charge in [-0.3, -0.25) is 0 Å². The van der Waals surface area contributed by atoms with Crippen LogP contribution in [0.4, 0.5) is 0 Å². The maximum Gasteiger partial charge on any atom is 0.332 e. The SMILES string of the molecule is O=C(O)[C@H]1C[C@@H](O)[C@@H](O)CO1. The molecule has 0 aromatic heterocycles. The summed E-state index contributed by atoms with van der Waals surface area (Å²) in [6.07, 6.45) is -2.96. The molecule has 0 amide bonds. The summed E-state index contributed by atoms with van der Waals surface area (Å²) >= 11 is 0. The third-order valence-electron chi connectivity index (χ3n) is 1.64. The van der Waals surface area contributed by atoms with Crippen LogP contribution in [0.3, 0.4) is 0 Å². The second-order valence-corrected chi connectivity index (χ2v) is 2.53. The summed E-state index contributed by atoms with van der Waals surface area (Å²) in [6.45, 7) is -0.113. The van der Waals surface area contributed by atoms with E-state index in [0.29, 0.717) is 0 Å². The number of carboxylic acid groups (broad SMARTS) is 1. The van der Waals surface area contributed by atoms with Gasteiger partial charge in [0.2, 0.25) is 0 Å². The third kappa shape index (κ3) is 1.89. The lowest BCUT2D eigenvalue weighted by atomic mass is 10.0. The zero-order chi connectivity index (χ0) is 8.43. The summed E-state index contributed by atoms with van der Waals surface area (Å²) < 4.78 is 4.71. The predicted octanol–water partition coefficient (Wildman–Crippen LogP) is -1.42. The Labute approximate surface area is 63.2 Å². The van der Waals surface area contributed by atoms with Crippen molar-refractivity contribution in [3.8, 4) is 0 Å². The Bertz CT molecular complexity index is 157. The number of carboxylic acids is 1. The van der Waals surface area contributed by atoms with Crippen molar-refractivity contribution in [1.82, 2.24) is 0 Å². The van der Waals surface area contributed by atoms with E-state index in [-0.39, 0.29) is 13.0 Å². The summed E-state index contributed by atoms with van der Waals surface area (Å²) in [4.78, 5) is 10.3. The van der Waals surface area contributed by atoms with Crippen LogP contribution < -0.4 is 0 Å². The zero-order valence-corrected chi connectivity index (χ0v) is 5.80. The van der Waals surface area contributed by atoms with Crippen molar-refractivity contribution in [2.45, 2.75) is 24.7 Å². The fourth-order valence-electron chi connectivity index (χ4n) is 0.942. The summed E-state index contributed by atoms with van der Waals surface area (Å²) in [5, 5.41) is 26.3. The van der Waals surface area contributed by atoms with E-state index in [2.05, 4.69) is 0 Å². The monoisotopic (exact) mass is 162 g/mol. The minimum atomic E-state index is -1.10. The summed E-state index contributed by atoms with van der Waals surface area (Å²) in [7, 11) is 0. The molecule has 3 N–H and O–H groups in total. The smallest absolute Gasteiger partial charge is 0.332 e. The molecule has 1 heterocycles. The first kappa shape index (κ1) is 8.45. The molecule has 0 aromatic carbocycles. The normalized spacial score (nSPS) is 38.5. The molecule has 1 fully saturated rings. The molecular weight excluding hydrogens is 152 g/mol. The highest BCUT2D eigenvalue weighted by Gasteiger charge is 2.32. The van der Waals surface area contributed by atoms with Crippen molar-refractivity contribution in [1.29, 1.82) is 0 Å². The van der Waals surface area contributed by atoms with E-state index in [4.69, 9.17) is 20.1 Å². The molecule has 3 atom stereocenters. The first-order chi connectivity index (χ1) is 5.11. The number of carbonyl (C=O) groups is 1. The summed E-state index contributed by atoms with van der Waals surface area (Å²) in [5.41, 5.74) is 0. The molecule has 0 aromatic rings. The van der Waals surface area contributed by atoms with E-state index >= 15 is 0 Å². The molecule has 1 rings (SSSR count). The topological polar surface area (TPSA) is 87.0 Å². The predicted molar refractivity (Wildman–Crippen MR) is 34.0 cm³/mol. The van der Waals surface area contributed by atoms with E-state index < -0.39 is 24.3 Å². The molecule has 5 heteroatoms. The van der Waals surface area contributed by atoms with Gasteiger partial charge in [-0.05, 0) is 0 Å². The van der Waals surface area contributed by atoms with Gasteiger partial charge in [-0.1, -0.05) is 0 Å². The first-order valence-corrected chi connectivity index (χ1v) is 3.32. The van der Waals surface area contributed by atoms with E-state index in [0.717, 1.165) is 0 Å². The zero-order valence-electron chi connectivity index (χ0n) is 5.80. The number of ether oxygens (including phenoxy) is 1. The molecule has 1 aliphatic rings. The van der Waals surface area contributed by atoms with E-state index in [9.17, 15) is 4.79 Å². The number of hydrogen-bond acceptors (Lipinski definition) is 4. The Morgan fingerprint density at radius 3 is 2.45 bits per heavy atom. The van der Waals surface area contributed by atoms with Crippen molar-refractivity contribution in [2.75, 3.05) is 6.61 Å². The Kier molecular flexibility index (Phi) is 2.43. The molecular formula is C6H10O5. The van der Waals surface area contributed by atoms with Gasteiger partial charge in [0.05, 0.1) is 12.7 Å². The van der Waals surface area contributed by atoms with Gasteiger partial charge >= 0.3 is 5.97 Å². The van der Waals surface area contributed by atoms with Gasteiger partial charge in [0.25, 0.3) is 0 Å². The molecule has 0 spiro atoms. The Balaban J connectivity index is 2.46. The molecule has 11 heavy (non-hydrogen) atoms. The van der Waals surface area contributed by atoms with Crippen LogP contribution in [0.5, 0.6) is 0 Å². The highest BCUT2D eigenvalue weighted by molar-refractivity contribution is 5.72. The number of rotatable bonds is 1. The second kappa shape index (κ2) is 3.17. The number of aliphatic carboxylic acids is 1. The largest absolute Gasteiger partial charge is 0.479 e. The molecule has 64 valence electrons. The molecule has 0 aliphatic carbocycles. The quantitative estimate of drug-likeness (QED) is 0.440. The van der Waals surface area contributed by atoms with Gasteiger partial charge in [-0.25, -0.2) is 4.79 Å². The number of aliphatic hydroxyl groups excluding tert-OH is 2. The van der Waals surface area contributed by atoms with Crippen molar-refractivity contribution in [3.63, 3.8) is 0 Å². The molecule has 0 bridgehead atoms. The van der Waals surface area contributed by atoms with Gasteiger partial charge in [-0.2, -0.15) is 0 Å². The Morgan fingerprint density at radius 1 is 1.36 bits per heavy atom. The lowest BCUT2D eigenvalue weighted by Crippen LogP contribution is -2.44. The number of aliphatic hydroxyl groups is 2. The highest BCUT2D eigenvalue weighted by Crippen LogP contribution is 2.14.